The number of benzene rings is 1. The average Bonchev–Trinajstić information content (AvgIpc) is 2.91. The number of hydrogen-bond acceptors (Lipinski definition) is 2. The molecule has 0 saturated heterocycles. The van der Waals surface area contributed by atoms with Crippen molar-refractivity contribution in [3.63, 3.8) is 0 Å². The van der Waals surface area contributed by atoms with E-state index in [4.69, 9.17) is 17.3 Å². The molecule has 1 aromatic heterocycles. The maximum absolute atomic E-state index is 15.1. The van der Waals surface area contributed by atoms with Crippen molar-refractivity contribution < 1.29 is 18.4 Å². The Kier molecular flexibility index (Phi) is 5.61. The summed E-state index contributed by atoms with van der Waals surface area (Å²) in [7, 11) is 0. The number of amides is 2. The minimum atomic E-state index is -1.28. The van der Waals surface area contributed by atoms with Crippen LogP contribution in [-0.4, -0.2) is 22.8 Å². The van der Waals surface area contributed by atoms with Crippen molar-refractivity contribution in [2.45, 2.75) is 51.5 Å². The Balaban J connectivity index is 2.11. The third kappa shape index (κ3) is 3.45. The predicted octanol–water partition coefficient (Wildman–Crippen LogP) is 3.67. The summed E-state index contributed by atoms with van der Waals surface area (Å²) in [5, 5.41) is 3.31. The number of aryl methyl sites for hydroxylation is 1. The van der Waals surface area contributed by atoms with Crippen LogP contribution in [0.15, 0.2) is 0 Å². The molecule has 1 aliphatic carbocycles. The zero-order valence-corrected chi connectivity index (χ0v) is 16.3. The first-order valence-electron chi connectivity index (χ1n) is 8.97. The molecular formula is C20H20ClF2N3O2. The first-order chi connectivity index (χ1) is 13.3. The quantitative estimate of drug-likeness (QED) is 0.678. The van der Waals surface area contributed by atoms with E-state index in [1.54, 1.807) is 13.8 Å². The monoisotopic (exact) mass is 407 g/mol. The summed E-state index contributed by atoms with van der Waals surface area (Å²) < 4.78 is 29.8. The van der Waals surface area contributed by atoms with Crippen LogP contribution in [0.4, 0.5) is 8.78 Å². The van der Waals surface area contributed by atoms with Gasteiger partial charge in [0.1, 0.15) is 5.56 Å². The van der Waals surface area contributed by atoms with E-state index >= 15 is 4.39 Å². The Hall–Kier alpha value is -2.59. The average molecular weight is 408 g/mol. The molecular weight excluding hydrogens is 388 g/mol. The van der Waals surface area contributed by atoms with Crippen molar-refractivity contribution in [1.82, 2.24) is 10.3 Å². The first kappa shape index (κ1) is 20.2. The van der Waals surface area contributed by atoms with Gasteiger partial charge in [-0.1, -0.05) is 23.9 Å². The molecule has 1 fully saturated rings. The highest BCUT2D eigenvalue weighted by Gasteiger charge is 2.33. The summed E-state index contributed by atoms with van der Waals surface area (Å²) in [6.45, 7) is 3.22. The van der Waals surface area contributed by atoms with Crippen molar-refractivity contribution in [2.24, 2.45) is 5.73 Å². The Morgan fingerprint density at radius 2 is 2.00 bits per heavy atom. The number of H-pyrrole nitrogens is 1. The summed E-state index contributed by atoms with van der Waals surface area (Å²) in [5.74, 6) is 0.705. The van der Waals surface area contributed by atoms with Gasteiger partial charge in [-0.15, -0.1) is 0 Å². The second-order valence-corrected chi connectivity index (χ2v) is 7.38. The molecule has 2 aromatic rings. The number of carbonyl (C=O) groups excluding carboxylic acids is 2. The van der Waals surface area contributed by atoms with Crippen molar-refractivity contribution in [3.05, 3.63) is 33.5 Å². The molecule has 1 aliphatic rings. The van der Waals surface area contributed by atoms with Gasteiger partial charge in [0.2, 0.25) is 0 Å². The fourth-order valence-electron chi connectivity index (χ4n) is 4.02. The van der Waals surface area contributed by atoms with Gasteiger partial charge < -0.3 is 16.0 Å². The van der Waals surface area contributed by atoms with Gasteiger partial charge in [0.25, 0.3) is 11.8 Å². The second kappa shape index (κ2) is 7.80. The van der Waals surface area contributed by atoms with Crippen LogP contribution in [0.5, 0.6) is 0 Å². The van der Waals surface area contributed by atoms with Gasteiger partial charge in [-0.05, 0) is 44.9 Å². The molecule has 1 heterocycles. The number of nitrogens with two attached hydrogens (primary N) is 1. The zero-order valence-electron chi connectivity index (χ0n) is 15.5. The molecule has 1 unspecified atom stereocenters. The van der Waals surface area contributed by atoms with E-state index < -0.39 is 29.0 Å². The third-order valence-corrected chi connectivity index (χ3v) is 5.65. The topological polar surface area (TPSA) is 88.0 Å². The third-order valence-electron chi connectivity index (χ3n) is 5.18. The van der Waals surface area contributed by atoms with Gasteiger partial charge in [0.05, 0.1) is 10.5 Å². The fraction of sp³-hybridized carbons (Fsp3) is 0.400. The number of carbonyl (C=O) groups is 2. The number of fused-ring (bicyclic) bond motifs is 1. The summed E-state index contributed by atoms with van der Waals surface area (Å²) in [4.78, 5) is 26.3. The highest BCUT2D eigenvalue weighted by atomic mass is 35.5. The summed E-state index contributed by atoms with van der Waals surface area (Å²) in [6, 6.07) is -0.209. The normalized spacial score (nSPS) is 19.2. The van der Waals surface area contributed by atoms with Crippen LogP contribution in [0.1, 0.15) is 60.1 Å². The Morgan fingerprint density at radius 1 is 1.29 bits per heavy atom. The molecule has 0 aliphatic heterocycles. The van der Waals surface area contributed by atoms with Crippen molar-refractivity contribution in [3.8, 4) is 11.8 Å². The molecule has 3 rings (SSSR count). The van der Waals surface area contributed by atoms with Gasteiger partial charge in [0.15, 0.2) is 11.6 Å². The predicted molar refractivity (Wildman–Crippen MR) is 103 cm³/mol. The molecule has 0 bridgehead atoms. The molecule has 0 spiro atoms. The number of aromatic nitrogens is 1. The molecule has 8 heteroatoms. The fourth-order valence-corrected chi connectivity index (χ4v) is 4.27. The van der Waals surface area contributed by atoms with Gasteiger partial charge >= 0.3 is 0 Å². The van der Waals surface area contributed by atoms with Gasteiger partial charge in [-0.25, -0.2) is 8.78 Å². The van der Waals surface area contributed by atoms with E-state index in [1.807, 2.05) is 0 Å². The molecule has 1 saturated carbocycles. The van der Waals surface area contributed by atoms with E-state index in [0.717, 1.165) is 12.8 Å². The second-order valence-electron chi connectivity index (χ2n) is 7.00. The summed E-state index contributed by atoms with van der Waals surface area (Å²) in [5.41, 5.74) is 5.45. The molecule has 2 amide bonds. The number of nitrogens with one attached hydrogen (secondary N) is 2. The standard InChI is InChI=1S/C20H20ClF2N3O2/c1-3-5-12(27)26-11-7-4-6-10(8-11)13-14-16(21)9(2)25-19(14)15(20(24)28)18(23)17(13)22/h10-11,25H,4,6-8H2,1-2H3,(H2,24,28)(H,26,27)/t10-,11?/m1/s1. The minimum Gasteiger partial charge on any atom is -0.365 e. The van der Waals surface area contributed by atoms with Gasteiger partial charge in [-0.3, -0.25) is 9.59 Å². The SMILES string of the molecule is CC#CC(=O)NC1CCC[C@@H](c2c(F)c(F)c(C(N)=O)c3[nH]c(C)c(Cl)c23)C1. The summed E-state index contributed by atoms with van der Waals surface area (Å²) in [6.07, 6.45) is 2.46. The lowest BCUT2D eigenvalue weighted by Gasteiger charge is -2.30. The van der Waals surface area contributed by atoms with Crippen LogP contribution in [0.2, 0.25) is 5.02 Å². The number of aromatic amines is 1. The van der Waals surface area contributed by atoms with Gasteiger partial charge in [-0.2, -0.15) is 0 Å². The van der Waals surface area contributed by atoms with Crippen LogP contribution < -0.4 is 11.1 Å². The Bertz CT molecular complexity index is 1040. The first-order valence-corrected chi connectivity index (χ1v) is 9.35. The highest BCUT2D eigenvalue weighted by molar-refractivity contribution is 6.37. The molecule has 2 atom stereocenters. The number of hydrogen-bond donors (Lipinski definition) is 3. The lowest BCUT2D eigenvalue weighted by molar-refractivity contribution is -0.116. The number of rotatable bonds is 3. The molecule has 1 aromatic carbocycles. The molecule has 148 valence electrons. The van der Waals surface area contributed by atoms with Crippen LogP contribution in [-0.2, 0) is 4.79 Å². The van der Waals surface area contributed by atoms with E-state index in [-0.39, 0.29) is 33.4 Å². The van der Waals surface area contributed by atoms with Crippen LogP contribution in [0.3, 0.4) is 0 Å². The summed E-state index contributed by atoms with van der Waals surface area (Å²) >= 11 is 6.37. The Morgan fingerprint density at radius 3 is 2.64 bits per heavy atom. The molecule has 0 radical (unpaired) electrons. The minimum absolute atomic E-state index is 0.104. The molecule has 28 heavy (non-hydrogen) atoms. The van der Waals surface area contributed by atoms with E-state index in [1.165, 1.54) is 0 Å². The number of halogens is 3. The van der Waals surface area contributed by atoms with E-state index in [9.17, 15) is 14.0 Å². The smallest absolute Gasteiger partial charge is 0.296 e. The van der Waals surface area contributed by atoms with Crippen LogP contribution in [0.25, 0.3) is 10.9 Å². The Labute approximate surface area is 166 Å². The largest absolute Gasteiger partial charge is 0.365 e. The maximum atomic E-state index is 15.1. The van der Waals surface area contributed by atoms with E-state index in [2.05, 4.69) is 22.1 Å². The van der Waals surface area contributed by atoms with Gasteiger partial charge in [0, 0.05) is 22.7 Å². The van der Waals surface area contributed by atoms with Crippen LogP contribution in [0, 0.1) is 30.4 Å². The maximum Gasteiger partial charge on any atom is 0.296 e. The van der Waals surface area contributed by atoms with Crippen molar-refractivity contribution >= 4 is 34.3 Å². The lowest BCUT2D eigenvalue weighted by Crippen LogP contribution is -2.37. The molecule has 5 nitrogen and oxygen atoms in total. The van der Waals surface area contributed by atoms with E-state index in [0.29, 0.717) is 18.5 Å². The van der Waals surface area contributed by atoms with Crippen LogP contribution >= 0.6 is 11.6 Å². The molecule has 4 N–H and O–H groups in total. The zero-order chi connectivity index (χ0) is 20.6. The lowest BCUT2D eigenvalue weighted by atomic mass is 9.79. The number of primary amides is 1. The highest BCUT2D eigenvalue weighted by Crippen LogP contribution is 2.43. The van der Waals surface area contributed by atoms with Crippen molar-refractivity contribution in [2.75, 3.05) is 0 Å². The van der Waals surface area contributed by atoms with Crippen molar-refractivity contribution in [1.29, 1.82) is 0 Å².